The number of hydrogen-bond donors (Lipinski definition) is 2. The molecule has 2 heterocycles. The van der Waals surface area contributed by atoms with Crippen LogP contribution in [0.15, 0.2) is 40.2 Å². The van der Waals surface area contributed by atoms with Gasteiger partial charge in [0, 0.05) is 45.9 Å². The number of imidazole rings is 1. The van der Waals surface area contributed by atoms with Crippen molar-refractivity contribution in [1.82, 2.24) is 23.6 Å². The molecular weight excluding hydrogens is 452 g/mol. The highest BCUT2D eigenvalue weighted by Gasteiger charge is 2.14. The topological polar surface area (TPSA) is 183 Å². The summed E-state index contributed by atoms with van der Waals surface area (Å²) in [5.74, 6) is -3.65. The summed E-state index contributed by atoms with van der Waals surface area (Å²) in [4.78, 5) is 59.2. The van der Waals surface area contributed by atoms with Crippen LogP contribution in [0.3, 0.4) is 0 Å². The van der Waals surface area contributed by atoms with E-state index in [2.05, 4.69) is 9.88 Å². The number of nitro benzene ring substituents is 1. The molecule has 0 bridgehead atoms. The van der Waals surface area contributed by atoms with Gasteiger partial charge in [-0.15, -0.1) is 0 Å². The van der Waals surface area contributed by atoms with Crippen molar-refractivity contribution in [3.8, 4) is 0 Å². The number of hydrogen-bond acceptors (Lipinski definition) is 8. The van der Waals surface area contributed by atoms with Crippen molar-refractivity contribution in [2.45, 2.75) is 13.0 Å². The van der Waals surface area contributed by atoms with E-state index in [1.807, 2.05) is 7.05 Å². The van der Waals surface area contributed by atoms with Gasteiger partial charge in [0.2, 0.25) is 0 Å². The summed E-state index contributed by atoms with van der Waals surface area (Å²) in [5, 5.41) is 25.5. The standard InChI is InChI=1S/C18H22N6O4.C2H2O4/c1-20(9-8-13-4-6-14(7-5-13)24(27)28)10-11-23-12-19-16-15(23)17(25)22(3)18(26)21(16)2;3-1(4)2(5)6/h4-7,12H,8-11H2,1-3H3;(H,3,4)(H,5,6). The summed E-state index contributed by atoms with van der Waals surface area (Å²) in [7, 11) is 5.02. The largest absolute Gasteiger partial charge is 0.473 e. The molecule has 0 aliphatic carbocycles. The predicted octanol–water partition coefficient (Wildman–Crippen LogP) is -0.328. The van der Waals surface area contributed by atoms with Gasteiger partial charge >= 0.3 is 17.6 Å². The number of fused-ring (bicyclic) bond motifs is 1. The number of non-ortho nitro benzene ring substituents is 1. The van der Waals surface area contributed by atoms with E-state index in [0.29, 0.717) is 24.3 Å². The van der Waals surface area contributed by atoms with Gasteiger partial charge in [0.05, 0.1) is 11.3 Å². The van der Waals surface area contributed by atoms with Crippen LogP contribution in [0, 0.1) is 10.1 Å². The molecule has 182 valence electrons. The van der Waals surface area contributed by atoms with Crippen LogP contribution in [0.1, 0.15) is 5.56 Å². The highest BCUT2D eigenvalue weighted by molar-refractivity contribution is 6.27. The van der Waals surface area contributed by atoms with Crippen LogP contribution in [0.2, 0.25) is 0 Å². The molecule has 0 aliphatic heterocycles. The van der Waals surface area contributed by atoms with Crippen LogP contribution in [0.25, 0.3) is 11.2 Å². The highest BCUT2D eigenvalue weighted by atomic mass is 16.6. The molecule has 34 heavy (non-hydrogen) atoms. The summed E-state index contributed by atoms with van der Waals surface area (Å²) >= 11 is 0. The third-order valence-electron chi connectivity index (χ3n) is 5.05. The maximum absolute atomic E-state index is 12.4. The first-order chi connectivity index (χ1) is 15.9. The molecule has 0 saturated heterocycles. The minimum absolute atomic E-state index is 0.0834. The molecule has 0 atom stereocenters. The summed E-state index contributed by atoms with van der Waals surface area (Å²) in [6.07, 6.45) is 2.34. The average molecular weight is 476 g/mol. The fourth-order valence-electron chi connectivity index (χ4n) is 3.06. The number of aliphatic carboxylic acids is 2. The maximum Gasteiger partial charge on any atom is 0.414 e. The van der Waals surface area contributed by atoms with Gasteiger partial charge in [-0.25, -0.2) is 19.4 Å². The third-order valence-corrected chi connectivity index (χ3v) is 5.05. The molecule has 14 nitrogen and oxygen atoms in total. The van der Waals surface area contributed by atoms with Crippen molar-refractivity contribution in [2.75, 3.05) is 20.1 Å². The Morgan fingerprint density at radius 3 is 2.18 bits per heavy atom. The Labute approximate surface area is 192 Å². The molecule has 0 unspecified atom stereocenters. The second-order valence-corrected chi connectivity index (χ2v) is 7.40. The SMILES string of the molecule is CN(CCc1ccc([N+](=O)[O-])cc1)CCn1cnc2c1c(=O)n(C)c(=O)n2C.O=C(O)C(=O)O. The van der Waals surface area contributed by atoms with Gasteiger partial charge < -0.3 is 19.7 Å². The van der Waals surface area contributed by atoms with Gasteiger partial charge in [0.25, 0.3) is 11.2 Å². The predicted molar refractivity (Wildman–Crippen MR) is 120 cm³/mol. The lowest BCUT2D eigenvalue weighted by molar-refractivity contribution is -0.384. The number of nitro groups is 1. The van der Waals surface area contributed by atoms with Gasteiger partial charge in [-0.05, 0) is 19.0 Å². The van der Waals surface area contributed by atoms with Crippen molar-refractivity contribution in [3.63, 3.8) is 0 Å². The Morgan fingerprint density at radius 1 is 1.06 bits per heavy atom. The molecule has 2 N–H and O–H groups in total. The van der Waals surface area contributed by atoms with Crippen LogP contribution < -0.4 is 11.2 Å². The first-order valence-corrected chi connectivity index (χ1v) is 9.93. The molecule has 2 aromatic heterocycles. The van der Waals surface area contributed by atoms with Gasteiger partial charge in [-0.2, -0.15) is 0 Å². The molecule has 1 aromatic carbocycles. The van der Waals surface area contributed by atoms with Crippen molar-refractivity contribution in [2.24, 2.45) is 14.1 Å². The molecule has 0 radical (unpaired) electrons. The van der Waals surface area contributed by atoms with Gasteiger partial charge in [0.15, 0.2) is 11.2 Å². The quantitative estimate of drug-likeness (QED) is 0.260. The van der Waals surface area contributed by atoms with E-state index in [0.717, 1.165) is 23.1 Å². The zero-order valence-corrected chi connectivity index (χ0v) is 18.7. The molecule has 0 amide bonds. The smallest absolute Gasteiger partial charge is 0.414 e. The molecule has 0 spiro atoms. The molecule has 0 aliphatic rings. The van der Waals surface area contributed by atoms with E-state index in [9.17, 15) is 19.7 Å². The van der Waals surface area contributed by atoms with E-state index in [1.54, 1.807) is 30.1 Å². The van der Waals surface area contributed by atoms with E-state index >= 15 is 0 Å². The van der Waals surface area contributed by atoms with Crippen LogP contribution in [0.4, 0.5) is 5.69 Å². The van der Waals surface area contributed by atoms with Gasteiger partial charge in [-0.1, -0.05) is 12.1 Å². The maximum atomic E-state index is 12.4. The number of carboxylic acids is 2. The summed E-state index contributed by atoms with van der Waals surface area (Å²) in [6.45, 7) is 2.01. The third kappa shape index (κ3) is 6.13. The lowest BCUT2D eigenvalue weighted by Crippen LogP contribution is -2.37. The molecule has 3 aromatic rings. The molecular formula is C20H24N6O8. The van der Waals surface area contributed by atoms with Crippen molar-refractivity contribution in [1.29, 1.82) is 0 Å². The van der Waals surface area contributed by atoms with Gasteiger partial charge in [-0.3, -0.25) is 24.0 Å². The minimum atomic E-state index is -1.82. The lowest BCUT2D eigenvalue weighted by atomic mass is 10.1. The number of aromatic nitrogens is 4. The molecule has 0 saturated carbocycles. The number of nitrogens with zero attached hydrogens (tertiary/aromatic N) is 6. The van der Waals surface area contributed by atoms with E-state index in [-0.39, 0.29) is 11.2 Å². The lowest BCUT2D eigenvalue weighted by Gasteiger charge is -2.17. The summed E-state index contributed by atoms with van der Waals surface area (Å²) in [6, 6.07) is 6.54. The van der Waals surface area contributed by atoms with E-state index in [4.69, 9.17) is 19.8 Å². The fourth-order valence-corrected chi connectivity index (χ4v) is 3.06. The second kappa shape index (κ2) is 11.0. The molecule has 3 rings (SSSR count). The first kappa shape index (κ1) is 25.9. The van der Waals surface area contributed by atoms with Crippen molar-refractivity contribution >= 4 is 28.8 Å². The second-order valence-electron chi connectivity index (χ2n) is 7.40. The van der Waals surface area contributed by atoms with Crippen LogP contribution >= 0.6 is 0 Å². The van der Waals surface area contributed by atoms with Crippen molar-refractivity contribution in [3.05, 3.63) is 67.1 Å². The Kier molecular flexibility index (Phi) is 8.39. The molecule has 0 fully saturated rings. The monoisotopic (exact) mass is 476 g/mol. The molecule has 14 heteroatoms. The number of aryl methyl sites for hydroxylation is 1. The van der Waals surface area contributed by atoms with E-state index in [1.165, 1.54) is 23.7 Å². The number of carboxylic acid groups (broad SMARTS) is 2. The van der Waals surface area contributed by atoms with Gasteiger partial charge in [0.1, 0.15) is 0 Å². The van der Waals surface area contributed by atoms with Crippen molar-refractivity contribution < 1.29 is 24.7 Å². The fraction of sp³-hybridized carbons (Fsp3) is 0.350. The highest BCUT2D eigenvalue weighted by Crippen LogP contribution is 2.12. The number of benzene rings is 1. The number of carbonyl (C=O) groups is 2. The number of likely N-dealkylation sites (N-methyl/N-ethyl adjacent to an activating group) is 1. The average Bonchev–Trinajstić information content (AvgIpc) is 3.23. The Balaban J connectivity index is 0.000000604. The summed E-state index contributed by atoms with van der Waals surface area (Å²) in [5.41, 5.74) is 1.14. The Morgan fingerprint density at radius 2 is 1.65 bits per heavy atom. The number of rotatable bonds is 7. The zero-order chi connectivity index (χ0) is 25.6. The van der Waals surface area contributed by atoms with E-state index < -0.39 is 22.6 Å². The zero-order valence-electron chi connectivity index (χ0n) is 18.7. The normalized spacial score (nSPS) is 10.7. The Bertz CT molecular complexity index is 1310. The van der Waals surface area contributed by atoms with Crippen LogP contribution in [-0.4, -0.2) is 70.8 Å². The summed E-state index contributed by atoms with van der Waals surface area (Å²) < 4.78 is 4.21. The van der Waals surface area contributed by atoms with Crippen LogP contribution in [-0.2, 0) is 36.6 Å². The minimum Gasteiger partial charge on any atom is -0.473 e. The Hall–Kier alpha value is -4.33. The van der Waals surface area contributed by atoms with Crippen LogP contribution in [0.5, 0.6) is 0 Å². The first-order valence-electron chi connectivity index (χ1n) is 9.93.